The molecule has 2 aromatic rings. The van der Waals surface area contributed by atoms with Crippen LogP contribution < -0.4 is 5.32 Å². The Balaban J connectivity index is 1.47. The van der Waals surface area contributed by atoms with Gasteiger partial charge >= 0.3 is 0 Å². The van der Waals surface area contributed by atoms with Crippen LogP contribution in [0.4, 0.5) is 0 Å². The Kier molecular flexibility index (Phi) is 6.36. The van der Waals surface area contributed by atoms with Crippen LogP contribution in [0.2, 0.25) is 0 Å². The van der Waals surface area contributed by atoms with Crippen LogP contribution in [-0.4, -0.2) is 76.8 Å². The van der Waals surface area contributed by atoms with Gasteiger partial charge in [-0.25, -0.2) is 12.7 Å². The highest BCUT2D eigenvalue weighted by Crippen LogP contribution is 2.17. The number of aryl methyl sites for hydroxylation is 3. The van der Waals surface area contributed by atoms with Crippen LogP contribution in [0.5, 0.6) is 0 Å². The van der Waals surface area contributed by atoms with Gasteiger partial charge in [-0.05, 0) is 19.8 Å². The Bertz CT molecular complexity index is 927. The van der Waals surface area contributed by atoms with Crippen LogP contribution in [0.25, 0.3) is 11.0 Å². The van der Waals surface area contributed by atoms with Gasteiger partial charge in [-0.1, -0.05) is 0 Å². The molecule has 1 N–H and O–H groups in total. The molecule has 1 aliphatic heterocycles. The number of fused-ring (bicyclic) bond motifs is 1. The molecule has 28 heavy (non-hydrogen) atoms. The summed E-state index contributed by atoms with van der Waals surface area (Å²) in [5, 5.41) is 11.7. The smallest absolute Gasteiger partial charge is 0.222 e. The lowest BCUT2D eigenvalue weighted by atomic mass is 10.1. The molecule has 3 rings (SSSR count). The number of nitrogens with zero attached hydrogens (tertiary/aromatic N) is 5. The predicted molar refractivity (Wildman–Crippen MR) is 104 cm³/mol. The van der Waals surface area contributed by atoms with Crippen molar-refractivity contribution in [3.63, 3.8) is 0 Å². The second-order valence-electron chi connectivity index (χ2n) is 7.11. The molecule has 0 atom stereocenters. The maximum absolute atomic E-state index is 12.3. The highest BCUT2D eigenvalue weighted by atomic mass is 32.2. The fourth-order valence-corrected chi connectivity index (χ4v) is 4.99. The van der Waals surface area contributed by atoms with Gasteiger partial charge in [0.15, 0.2) is 0 Å². The summed E-state index contributed by atoms with van der Waals surface area (Å²) in [7, 11) is 0.0742. The standard InChI is InChI=1S/C17H28N6O4S/c1-13-17-15(21(2)20-13)12-18-23(17)9-6-16(24)19-14-4-7-22(8-5-14)28(25,26)11-10-27-3/h12,14H,4-11H2,1-3H3,(H,19,24). The van der Waals surface area contributed by atoms with Crippen molar-refractivity contribution in [2.45, 2.75) is 38.8 Å². The number of nitrogens with one attached hydrogen (secondary N) is 1. The van der Waals surface area contributed by atoms with Crippen molar-refractivity contribution in [3.05, 3.63) is 11.9 Å². The molecular formula is C17H28N6O4S. The Labute approximate surface area is 164 Å². The highest BCUT2D eigenvalue weighted by Gasteiger charge is 2.28. The molecule has 0 unspecified atom stereocenters. The molecule has 0 radical (unpaired) electrons. The van der Waals surface area contributed by atoms with Crippen molar-refractivity contribution in [3.8, 4) is 0 Å². The SMILES string of the molecule is COCCS(=O)(=O)N1CCC(NC(=O)CCn2ncc3c2c(C)nn3C)CC1. The number of carbonyl (C=O) groups excluding carboxylic acids is 1. The molecule has 0 spiro atoms. The van der Waals surface area contributed by atoms with Crippen LogP contribution in [0.1, 0.15) is 25.0 Å². The monoisotopic (exact) mass is 412 g/mol. The van der Waals surface area contributed by atoms with Gasteiger partial charge in [0, 0.05) is 39.7 Å². The van der Waals surface area contributed by atoms with E-state index in [9.17, 15) is 13.2 Å². The first-order chi connectivity index (χ1) is 13.3. The minimum Gasteiger partial charge on any atom is -0.384 e. The largest absolute Gasteiger partial charge is 0.384 e. The van der Waals surface area contributed by atoms with Crippen LogP contribution >= 0.6 is 0 Å². The summed E-state index contributed by atoms with van der Waals surface area (Å²) < 4.78 is 34.3. The second kappa shape index (κ2) is 8.58. The van der Waals surface area contributed by atoms with Gasteiger partial charge in [0.05, 0.1) is 30.8 Å². The lowest BCUT2D eigenvalue weighted by Gasteiger charge is -2.31. The molecule has 1 aliphatic rings. The average Bonchev–Trinajstić information content (AvgIpc) is 3.20. The van der Waals surface area contributed by atoms with E-state index in [1.54, 1.807) is 10.9 Å². The number of aromatic nitrogens is 4. The Morgan fingerprint density at radius 2 is 2.07 bits per heavy atom. The van der Waals surface area contributed by atoms with E-state index < -0.39 is 10.0 Å². The molecule has 3 heterocycles. The summed E-state index contributed by atoms with van der Waals surface area (Å²) in [5.41, 5.74) is 2.78. The molecule has 1 saturated heterocycles. The Morgan fingerprint density at radius 3 is 2.75 bits per heavy atom. The van der Waals surface area contributed by atoms with Gasteiger partial charge in [-0.15, -0.1) is 0 Å². The molecule has 10 nitrogen and oxygen atoms in total. The predicted octanol–water partition coefficient (Wildman–Crippen LogP) is 0.0251. The summed E-state index contributed by atoms with van der Waals surface area (Å²) in [6.45, 7) is 3.44. The molecule has 0 bridgehead atoms. The molecule has 0 aromatic carbocycles. The molecule has 1 amide bonds. The zero-order chi connectivity index (χ0) is 20.3. The summed E-state index contributed by atoms with van der Waals surface area (Å²) >= 11 is 0. The van der Waals surface area contributed by atoms with Crippen LogP contribution in [0.15, 0.2) is 6.20 Å². The lowest BCUT2D eigenvalue weighted by molar-refractivity contribution is -0.122. The molecule has 156 valence electrons. The highest BCUT2D eigenvalue weighted by molar-refractivity contribution is 7.89. The molecule has 0 aliphatic carbocycles. The molecule has 1 fully saturated rings. The van der Waals surface area contributed by atoms with Crippen molar-refractivity contribution in [1.82, 2.24) is 29.2 Å². The number of ether oxygens (including phenoxy) is 1. The summed E-state index contributed by atoms with van der Waals surface area (Å²) in [6.07, 6.45) is 3.31. The van der Waals surface area contributed by atoms with Crippen molar-refractivity contribution in [1.29, 1.82) is 0 Å². The first-order valence-corrected chi connectivity index (χ1v) is 11.0. The third-order valence-electron chi connectivity index (χ3n) is 5.12. The van der Waals surface area contributed by atoms with Crippen LogP contribution in [0.3, 0.4) is 0 Å². The van der Waals surface area contributed by atoms with Crippen molar-refractivity contribution >= 4 is 27.0 Å². The normalized spacial score (nSPS) is 16.7. The number of rotatable bonds is 8. The number of hydrogen-bond donors (Lipinski definition) is 1. The number of sulfonamides is 1. The van der Waals surface area contributed by atoms with Gasteiger partial charge in [-0.2, -0.15) is 10.2 Å². The summed E-state index contributed by atoms with van der Waals surface area (Å²) in [4.78, 5) is 12.3. The minimum absolute atomic E-state index is 0.000793. The number of piperidine rings is 1. The van der Waals surface area contributed by atoms with Crippen LogP contribution in [0, 0.1) is 6.92 Å². The van der Waals surface area contributed by atoms with E-state index in [1.807, 2.05) is 18.7 Å². The molecule has 0 saturated carbocycles. The van der Waals surface area contributed by atoms with E-state index in [2.05, 4.69) is 15.5 Å². The summed E-state index contributed by atoms with van der Waals surface area (Å²) in [5.74, 6) is -0.0574. The third-order valence-corrected chi connectivity index (χ3v) is 6.95. The van der Waals surface area contributed by atoms with Gasteiger partial charge in [0.25, 0.3) is 0 Å². The number of carbonyl (C=O) groups is 1. The first kappa shape index (κ1) is 20.7. The maximum atomic E-state index is 12.3. The fraction of sp³-hybridized carbons (Fsp3) is 0.706. The number of hydrogen-bond acceptors (Lipinski definition) is 6. The van der Waals surface area contributed by atoms with E-state index in [4.69, 9.17) is 4.74 Å². The molecular weight excluding hydrogens is 384 g/mol. The van der Waals surface area contributed by atoms with E-state index >= 15 is 0 Å². The van der Waals surface area contributed by atoms with Gasteiger partial charge in [-0.3, -0.25) is 14.2 Å². The zero-order valence-corrected chi connectivity index (χ0v) is 17.4. The average molecular weight is 413 g/mol. The van der Waals surface area contributed by atoms with Crippen molar-refractivity contribution in [2.75, 3.05) is 32.6 Å². The van der Waals surface area contributed by atoms with Crippen molar-refractivity contribution < 1.29 is 17.9 Å². The molecule has 11 heteroatoms. The van der Waals surface area contributed by atoms with Crippen LogP contribution in [-0.2, 0) is 33.1 Å². The first-order valence-electron chi connectivity index (χ1n) is 9.43. The molecule has 2 aromatic heterocycles. The van der Waals surface area contributed by atoms with E-state index in [1.165, 1.54) is 11.4 Å². The van der Waals surface area contributed by atoms with Gasteiger partial charge in [0.1, 0.15) is 11.0 Å². The Morgan fingerprint density at radius 1 is 1.36 bits per heavy atom. The third kappa shape index (κ3) is 4.53. The zero-order valence-electron chi connectivity index (χ0n) is 16.6. The number of amides is 1. The van der Waals surface area contributed by atoms with Gasteiger partial charge in [0.2, 0.25) is 15.9 Å². The number of methoxy groups -OCH3 is 1. The maximum Gasteiger partial charge on any atom is 0.222 e. The topological polar surface area (TPSA) is 111 Å². The summed E-state index contributed by atoms with van der Waals surface area (Å²) in [6, 6.07) is -0.000793. The van der Waals surface area contributed by atoms with E-state index in [0.717, 1.165) is 16.7 Å². The van der Waals surface area contributed by atoms with E-state index in [-0.39, 0.29) is 24.3 Å². The lowest BCUT2D eigenvalue weighted by Crippen LogP contribution is -2.47. The minimum atomic E-state index is -3.28. The Hall–Kier alpha value is -1.98. The fourth-order valence-electron chi connectivity index (χ4n) is 3.58. The van der Waals surface area contributed by atoms with Gasteiger partial charge < -0.3 is 10.1 Å². The quantitative estimate of drug-likeness (QED) is 0.655. The second-order valence-corrected chi connectivity index (χ2v) is 9.20. The van der Waals surface area contributed by atoms with Crippen molar-refractivity contribution in [2.24, 2.45) is 7.05 Å². The van der Waals surface area contributed by atoms with E-state index in [0.29, 0.717) is 38.9 Å².